The van der Waals surface area contributed by atoms with E-state index in [2.05, 4.69) is 20.6 Å². The molecule has 1 aliphatic heterocycles. The molecule has 0 bridgehead atoms. The minimum absolute atomic E-state index is 0.0535. The maximum absolute atomic E-state index is 14.6. The smallest absolute Gasteiger partial charge is 0.229 e. The lowest BCUT2D eigenvalue weighted by atomic mass is 10.2. The summed E-state index contributed by atoms with van der Waals surface area (Å²) in [6.45, 7) is 2.80. The Morgan fingerprint density at radius 2 is 2.06 bits per heavy atom. The number of benzene rings is 2. The van der Waals surface area contributed by atoms with Crippen molar-refractivity contribution in [1.82, 2.24) is 20.2 Å². The highest BCUT2D eigenvalue weighted by molar-refractivity contribution is 5.97. The van der Waals surface area contributed by atoms with E-state index < -0.39 is 0 Å². The second kappa shape index (κ2) is 8.99. The Morgan fingerprint density at radius 3 is 2.74 bits per heavy atom. The van der Waals surface area contributed by atoms with Crippen LogP contribution in [0, 0.1) is 12.7 Å². The molecule has 1 saturated heterocycles. The Labute approximate surface area is 180 Å². The molecule has 4 rings (SSSR count). The zero-order valence-electron chi connectivity index (χ0n) is 17.5. The minimum atomic E-state index is -0.316. The topological polar surface area (TPSA) is 74.5 Å². The first-order chi connectivity index (χ1) is 15.0. The highest BCUT2D eigenvalue weighted by Gasteiger charge is 2.31. The fourth-order valence-corrected chi connectivity index (χ4v) is 3.72. The van der Waals surface area contributed by atoms with Crippen molar-refractivity contribution in [3.8, 4) is 5.69 Å². The van der Waals surface area contributed by atoms with E-state index >= 15 is 0 Å². The fourth-order valence-electron chi connectivity index (χ4n) is 3.72. The third-order valence-electron chi connectivity index (χ3n) is 5.31. The third-order valence-corrected chi connectivity index (χ3v) is 5.31. The Morgan fingerprint density at radius 1 is 1.26 bits per heavy atom. The number of aryl methyl sites for hydroxylation is 1. The van der Waals surface area contributed by atoms with Crippen molar-refractivity contribution in [1.29, 1.82) is 0 Å². The molecule has 2 heterocycles. The summed E-state index contributed by atoms with van der Waals surface area (Å²) in [5.74, 6) is 1.06. The van der Waals surface area contributed by atoms with Gasteiger partial charge in [0.05, 0.1) is 11.7 Å². The van der Waals surface area contributed by atoms with Gasteiger partial charge in [-0.1, -0.05) is 24.3 Å². The number of nitrogens with one attached hydrogen (secondary N) is 2. The van der Waals surface area contributed by atoms with Gasteiger partial charge in [0.25, 0.3) is 0 Å². The van der Waals surface area contributed by atoms with Gasteiger partial charge in [0.1, 0.15) is 11.6 Å². The monoisotopic (exact) mass is 420 g/mol. The number of aliphatic imine (C=N–C) groups is 1. The van der Waals surface area contributed by atoms with Crippen LogP contribution in [0.4, 0.5) is 10.1 Å². The normalized spacial score (nSPS) is 16.6. The van der Waals surface area contributed by atoms with Gasteiger partial charge in [0.2, 0.25) is 5.91 Å². The van der Waals surface area contributed by atoms with Crippen molar-refractivity contribution in [2.75, 3.05) is 18.5 Å². The van der Waals surface area contributed by atoms with E-state index in [0.29, 0.717) is 31.2 Å². The summed E-state index contributed by atoms with van der Waals surface area (Å²) in [6, 6.07) is 14.7. The Balaban J connectivity index is 1.36. The van der Waals surface area contributed by atoms with Gasteiger partial charge in [-0.05, 0) is 36.8 Å². The fraction of sp³-hybridized carbons (Fsp3) is 0.261. The van der Waals surface area contributed by atoms with Crippen LogP contribution in [-0.2, 0) is 11.3 Å². The number of carbonyl (C=O) groups excluding carboxylic acids is 1. The second-order valence-electron chi connectivity index (χ2n) is 7.44. The van der Waals surface area contributed by atoms with E-state index in [1.807, 2.05) is 43.3 Å². The lowest BCUT2D eigenvalue weighted by Gasteiger charge is -2.19. The van der Waals surface area contributed by atoms with Crippen LogP contribution in [-0.4, -0.2) is 41.1 Å². The Kier molecular flexibility index (Phi) is 5.97. The summed E-state index contributed by atoms with van der Waals surface area (Å²) in [6.07, 6.45) is 3.77. The molecule has 1 amide bonds. The molecule has 2 N–H and O–H groups in total. The van der Waals surface area contributed by atoms with Gasteiger partial charge >= 0.3 is 0 Å². The van der Waals surface area contributed by atoms with Gasteiger partial charge in [0.15, 0.2) is 5.96 Å². The summed E-state index contributed by atoms with van der Waals surface area (Å²) in [7, 11) is 1.67. The number of amides is 1. The van der Waals surface area contributed by atoms with Gasteiger partial charge in [-0.3, -0.25) is 9.79 Å². The molecule has 3 aromatic rings. The van der Waals surface area contributed by atoms with Crippen LogP contribution >= 0.6 is 0 Å². The van der Waals surface area contributed by atoms with Crippen molar-refractivity contribution in [2.45, 2.75) is 25.9 Å². The minimum Gasteiger partial charge on any atom is -0.352 e. The van der Waals surface area contributed by atoms with Crippen LogP contribution in [0.1, 0.15) is 17.8 Å². The SMILES string of the molecule is CN=C(NCc1ccc(-n2ccnc2C)c(F)c1)NC1CC(=O)N(c2ccccc2)C1. The van der Waals surface area contributed by atoms with E-state index in [1.165, 1.54) is 6.07 Å². The summed E-state index contributed by atoms with van der Waals surface area (Å²) in [5, 5.41) is 6.49. The first-order valence-corrected chi connectivity index (χ1v) is 10.2. The molecule has 1 aliphatic rings. The number of anilines is 1. The number of aromatic nitrogens is 2. The number of hydrogen-bond acceptors (Lipinski definition) is 3. The molecule has 1 unspecified atom stereocenters. The zero-order chi connectivity index (χ0) is 21.8. The summed E-state index contributed by atoms with van der Waals surface area (Å²) in [5.41, 5.74) is 2.14. The molecule has 2 aromatic carbocycles. The van der Waals surface area contributed by atoms with Gasteiger partial charge in [-0.2, -0.15) is 0 Å². The second-order valence-corrected chi connectivity index (χ2v) is 7.44. The van der Waals surface area contributed by atoms with Gasteiger partial charge in [0, 0.05) is 44.6 Å². The van der Waals surface area contributed by atoms with Gasteiger partial charge < -0.3 is 20.1 Å². The van der Waals surface area contributed by atoms with E-state index in [9.17, 15) is 9.18 Å². The number of halogens is 1. The van der Waals surface area contributed by atoms with Crippen LogP contribution in [0.2, 0.25) is 0 Å². The van der Waals surface area contributed by atoms with E-state index in [1.54, 1.807) is 35.0 Å². The molecule has 0 aliphatic carbocycles. The maximum atomic E-state index is 14.6. The molecule has 31 heavy (non-hydrogen) atoms. The molecule has 0 radical (unpaired) electrons. The third kappa shape index (κ3) is 4.58. The average molecular weight is 420 g/mol. The molecule has 160 valence electrons. The van der Waals surface area contributed by atoms with Crippen molar-refractivity contribution < 1.29 is 9.18 Å². The van der Waals surface area contributed by atoms with Crippen LogP contribution in [0.25, 0.3) is 5.69 Å². The van der Waals surface area contributed by atoms with E-state index in [-0.39, 0.29) is 17.8 Å². The standard InChI is InChI=1S/C23H25FN6O/c1-16-26-10-11-29(16)21-9-8-17(12-20(21)24)14-27-23(25-2)28-18-13-22(31)30(15-18)19-6-4-3-5-7-19/h3-12,18H,13-15H2,1-2H3,(H2,25,27,28). The van der Waals surface area contributed by atoms with Crippen molar-refractivity contribution in [3.63, 3.8) is 0 Å². The first-order valence-electron chi connectivity index (χ1n) is 10.2. The molecule has 0 spiro atoms. The van der Waals surface area contributed by atoms with E-state index in [4.69, 9.17) is 0 Å². The summed E-state index contributed by atoms with van der Waals surface area (Å²) >= 11 is 0. The molecular weight excluding hydrogens is 395 g/mol. The van der Waals surface area contributed by atoms with Crippen molar-refractivity contribution in [3.05, 3.63) is 78.1 Å². The number of carbonyl (C=O) groups is 1. The predicted molar refractivity (Wildman–Crippen MR) is 119 cm³/mol. The molecular formula is C23H25FN6O. The first kappa shape index (κ1) is 20.6. The number of imidazole rings is 1. The average Bonchev–Trinajstić information content (AvgIpc) is 3.36. The Hall–Kier alpha value is -3.68. The molecule has 8 heteroatoms. The van der Waals surface area contributed by atoms with Crippen molar-refractivity contribution >= 4 is 17.6 Å². The molecule has 7 nitrogen and oxygen atoms in total. The van der Waals surface area contributed by atoms with Crippen molar-refractivity contribution in [2.24, 2.45) is 4.99 Å². The van der Waals surface area contributed by atoms with E-state index in [0.717, 1.165) is 17.1 Å². The van der Waals surface area contributed by atoms with Crippen LogP contribution < -0.4 is 15.5 Å². The Bertz CT molecular complexity index is 1090. The quantitative estimate of drug-likeness (QED) is 0.492. The largest absolute Gasteiger partial charge is 0.352 e. The number of nitrogens with zero attached hydrogens (tertiary/aromatic N) is 4. The number of rotatable bonds is 5. The number of guanidine groups is 1. The zero-order valence-corrected chi connectivity index (χ0v) is 17.5. The highest BCUT2D eigenvalue weighted by Crippen LogP contribution is 2.21. The van der Waals surface area contributed by atoms with Crippen LogP contribution in [0.5, 0.6) is 0 Å². The highest BCUT2D eigenvalue weighted by atomic mass is 19.1. The number of para-hydroxylation sites is 1. The molecule has 1 atom stereocenters. The molecule has 1 fully saturated rings. The van der Waals surface area contributed by atoms with Gasteiger partial charge in [-0.15, -0.1) is 0 Å². The van der Waals surface area contributed by atoms with Crippen LogP contribution in [0.3, 0.4) is 0 Å². The molecule has 0 saturated carbocycles. The van der Waals surface area contributed by atoms with Crippen LogP contribution in [0.15, 0.2) is 65.9 Å². The summed E-state index contributed by atoms with van der Waals surface area (Å²) < 4.78 is 16.3. The lowest BCUT2D eigenvalue weighted by molar-refractivity contribution is -0.117. The predicted octanol–water partition coefficient (Wildman–Crippen LogP) is 2.79. The molecule has 1 aromatic heterocycles. The number of hydrogen-bond donors (Lipinski definition) is 2. The summed E-state index contributed by atoms with van der Waals surface area (Å²) in [4.78, 5) is 22.6. The maximum Gasteiger partial charge on any atom is 0.229 e. The van der Waals surface area contributed by atoms with Gasteiger partial charge in [-0.25, -0.2) is 9.37 Å². The lowest BCUT2D eigenvalue weighted by Crippen LogP contribution is -2.44.